The smallest absolute Gasteiger partial charge is 0.324 e. The number of rotatable bonds is 3. The molecule has 1 fully saturated rings. The molecule has 3 rings (SSSR count). The zero-order valence-corrected chi connectivity index (χ0v) is 13.9. The van der Waals surface area contributed by atoms with E-state index in [-0.39, 0.29) is 17.5 Å². The van der Waals surface area contributed by atoms with Crippen molar-refractivity contribution >= 4 is 23.4 Å². The van der Waals surface area contributed by atoms with Crippen LogP contribution in [0.2, 0.25) is 0 Å². The number of amides is 3. The highest BCUT2D eigenvalue weighted by Crippen LogP contribution is 2.36. The van der Waals surface area contributed by atoms with Crippen LogP contribution in [0.1, 0.15) is 25.3 Å². The van der Waals surface area contributed by atoms with E-state index in [0.29, 0.717) is 12.8 Å². The number of halogens is 3. The van der Waals surface area contributed by atoms with Gasteiger partial charge < -0.3 is 5.32 Å². The van der Waals surface area contributed by atoms with Crippen molar-refractivity contribution in [3.05, 3.63) is 42.0 Å². The highest BCUT2D eigenvalue weighted by atomic mass is 19.4. The third-order valence-corrected chi connectivity index (χ3v) is 4.79. The number of carbonyl (C=O) groups is 3. The Morgan fingerprint density at radius 2 is 1.58 bits per heavy atom. The lowest BCUT2D eigenvalue weighted by Crippen LogP contribution is -2.46. The van der Waals surface area contributed by atoms with E-state index in [4.69, 9.17) is 0 Å². The van der Waals surface area contributed by atoms with Gasteiger partial charge in [-0.1, -0.05) is 12.2 Å². The van der Waals surface area contributed by atoms with E-state index in [1.807, 2.05) is 12.2 Å². The van der Waals surface area contributed by atoms with Crippen molar-refractivity contribution in [1.82, 2.24) is 4.90 Å². The Morgan fingerprint density at radius 1 is 1.08 bits per heavy atom. The van der Waals surface area contributed by atoms with Gasteiger partial charge >= 0.3 is 6.18 Å². The number of allylic oxidation sites excluding steroid dienone is 2. The van der Waals surface area contributed by atoms with E-state index >= 15 is 0 Å². The number of alkyl halides is 3. The molecule has 1 aliphatic carbocycles. The second-order valence-electron chi connectivity index (χ2n) is 6.44. The molecular weight excluding hydrogens is 349 g/mol. The average molecular weight is 366 g/mol. The van der Waals surface area contributed by atoms with Gasteiger partial charge in [-0.05, 0) is 44.0 Å². The summed E-state index contributed by atoms with van der Waals surface area (Å²) in [4.78, 5) is 38.3. The molecule has 1 saturated heterocycles. The zero-order valence-electron chi connectivity index (χ0n) is 13.9. The minimum atomic E-state index is -4.46. The first-order valence-electron chi connectivity index (χ1n) is 8.20. The van der Waals surface area contributed by atoms with E-state index < -0.39 is 35.5 Å². The van der Waals surface area contributed by atoms with Gasteiger partial charge in [-0.3, -0.25) is 19.3 Å². The van der Waals surface area contributed by atoms with Crippen LogP contribution >= 0.6 is 0 Å². The van der Waals surface area contributed by atoms with Crippen LogP contribution in [-0.4, -0.2) is 28.7 Å². The number of hydrogen-bond donors (Lipinski definition) is 1. The minimum absolute atomic E-state index is 0.160. The molecule has 0 aromatic heterocycles. The fourth-order valence-corrected chi connectivity index (χ4v) is 3.31. The lowest BCUT2D eigenvalue weighted by atomic mass is 9.85. The summed E-state index contributed by atoms with van der Waals surface area (Å²) in [6, 6.07) is 2.93. The molecule has 1 heterocycles. The molecule has 0 radical (unpaired) electrons. The summed E-state index contributed by atoms with van der Waals surface area (Å²) < 4.78 is 37.7. The molecule has 3 amide bonds. The first kappa shape index (κ1) is 18.2. The van der Waals surface area contributed by atoms with E-state index in [2.05, 4.69) is 5.32 Å². The van der Waals surface area contributed by atoms with E-state index in [1.165, 1.54) is 6.92 Å². The van der Waals surface area contributed by atoms with Gasteiger partial charge in [0, 0.05) is 5.69 Å². The van der Waals surface area contributed by atoms with Gasteiger partial charge in [-0.25, -0.2) is 0 Å². The SMILES string of the molecule is C[C@@H](C(=O)Nc1ccc(C(F)(F)F)cc1)N1C(=O)[C@@H]2CC=CC[C@H]2C1=O. The molecule has 3 atom stereocenters. The molecule has 0 unspecified atom stereocenters. The van der Waals surface area contributed by atoms with Crippen molar-refractivity contribution in [2.45, 2.75) is 32.0 Å². The quantitative estimate of drug-likeness (QED) is 0.661. The van der Waals surface area contributed by atoms with Crippen LogP contribution in [0.5, 0.6) is 0 Å². The van der Waals surface area contributed by atoms with Crippen LogP contribution in [-0.2, 0) is 20.6 Å². The first-order chi connectivity index (χ1) is 12.2. The molecule has 0 saturated carbocycles. The molecule has 1 aromatic carbocycles. The maximum atomic E-state index is 12.6. The summed E-state index contributed by atoms with van der Waals surface area (Å²) in [6.45, 7) is 1.43. The van der Waals surface area contributed by atoms with Gasteiger partial charge in [0.2, 0.25) is 17.7 Å². The maximum absolute atomic E-state index is 12.6. The van der Waals surface area contributed by atoms with Crippen LogP contribution in [0.3, 0.4) is 0 Å². The van der Waals surface area contributed by atoms with Crippen LogP contribution in [0, 0.1) is 11.8 Å². The number of nitrogens with one attached hydrogen (secondary N) is 1. The monoisotopic (exact) mass is 366 g/mol. The van der Waals surface area contributed by atoms with Crippen molar-refractivity contribution in [3.63, 3.8) is 0 Å². The number of nitrogens with zero attached hydrogens (tertiary/aromatic N) is 1. The molecular formula is C18H17F3N2O3. The Kier molecular flexibility index (Phi) is 4.60. The molecule has 8 heteroatoms. The molecule has 138 valence electrons. The normalized spacial score (nSPS) is 23.8. The number of fused-ring (bicyclic) bond motifs is 1. The number of carbonyl (C=O) groups excluding carboxylic acids is 3. The lowest BCUT2D eigenvalue weighted by molar-refractivity contribution is -0.146. The van der Waals surface area contributed by atoms with E-state index in [9.17, 15) is 27.6 Å². The second-order valence-corrected chi connectivity index (χ2v) is 6.44. The number of hydrogen-bond acceptors (Lipinski definition) is 3. The largest absolute Gasteiger partial charge is 0.416 e. The van der Waals surface area contributed by atoms with Gasteiger partial charge in [-0.2, -0.15) is 13.2 Å². The Balaban J connectivity index is 1.70. The number of anilines is 1. The summed E-state index contributed by atoms with van der Waals surface area (Å²) in [5, 5.41) is 2.45. The van der Waals surface area contributed by atoms with Gasteiger partial charge in [0.1, 0.15) is 6.04 Å². The van der Waals surface area contributed by atoms with Crippen LogP contribution in [0.25, 0.3) is 0 Å². The summed E-state index contributed by atoms with van der Waals surface area (Å²) in [6.07, 6.45) is 0.179. The van der Waals surface area contributed by atoms with Crippen molar-refractivity contribution in [2.24, 2.45) is 11.8 Å². The van der Waals surface area contributed by atoms with E-state index in [1.54, 1.807) is 0 Å². The third-order valence-electron chi connectivity index (χ3n) is 4.79. The van der Waals surface area contributed by atoms with Gasteiger partial charge in [0.25, 0.3) is 0 Å². The molecule has 5 nitrogen and oxygen atoms in total. The minimum Gasteiger partial charge on any atom is -0.324 e. The highest BCUT2D eigenvalue weighted by Gasteiger charge is 2.50. The van der Waals surface area contributed by atoms with Crippen LogP contribution < -0.4 is 5.32 Å². The van der Waals surface area contributed by atoms with Gasteiger partial charge in [-0.15, -0.1) is 0 Å². The fraction of sp³-hybridized carbons (Fsp3) is 0.389. The third kappa shape index (κ3) is 3.23. The average Bonchev–Trinajstić information content (AvgIpc) is 2.85. The highest BCUT2D eigenvalue weighted by molar-refractivity contribution is 6.10. The van der Waals surface area contributed by atoms with Crippen LogP contribution in [0.4, 0.5) is 18.9 Å². The summed E-state index contributed by atoms with van der Waals surface area (Å²) >= 11 is 0. The molecule has 0 spiro atoms. The number of likely N-dealkylation sites (tertiary alicyclic amines) is 1. The van der Waals surface area contributed by atoms with Gasteiger partial charge in [0.05, 0.1) is 17.4 Å². The zero-order chi connectivity index (χ0) is 19.1. The summed E-state index contributed by atoms with van der Waals surface area (Å²) in [7, 11) is 0. The number of benzene rings is 1. The van der Waals surface area contributed by atoms with Crippen molar-refractivity contribution < 1.29 is 27.6 Å². The lowest BCUT2D eigenvalue weighted by Gasteiger charge is -2.22. The summed E-state index contributed by atoms with van der Waals surface area (Å²) in [5.74, 6) is -2.25. The second kappa shape index (κ2) is 6.59. The summed E-state index contributed by atoms with van der Waals surface area (Å²) in [5.41, 5.74) is -0.668. The van der Waals surface area contributed by atoms with Crippen molar-refractivity contribution in [1.29, 1.82) is 0 Å². The Bertz CT molecular complexity index is 745. The Labute approximate surface area is 147 Å². The van der Waals surface area contributed by atoms with Crippen molar-refractivity contribution in [2.75, 3.05) is 5.32 Å². The predicted octanol–water partition coefficient (Wildman–Crippen LogP) is 2.98. The molecule has 1 aromatic rings. The standard InChI is InChI=1S/C18H17F3N2O3/c1-10(23-16(25)13-4-2-3-5-14(13)17(23)26)15(24)22-12-8-6-11(7-9-12)18(19,20)21/h2-3,6-10,13-14H,4-5H2,1H3,(H,22,24)/t10-,13+,14+/m0/s1. The Hall–Kier alpha value is -2.64. The maximum Gasteiger partial charge on any atom is 0.416 e. The van der Waals surface area contributed by atoms with Crippen molar-refractivity contribution in [3.8, 4) is 0 Å². The van der Waals surface area contributed by atoms with Crippen LogP contribution in [0.15, 0.2) is 36.4 Å². The Morgan fingerprint density at radius 3 is 2.04 bits per heavy atom. The molecule has 26 heavy (non-hydrogen) atoms. The first-order valence-corrected chi connectivity index (χ1v) is 8.20. The predicted molar refractivity (Wildman–Crippen MR) is 86.7 cm³/mol. The topological polar surface area (TPSA) is 66.5 Å². The molecule has 0 bridgehead atoms. The molecule has 1 N–H and O–H groups in total. The molecule has 1 aliphatic heterocycles. The van der Waals surface area contributed by atoms with E-state index in [0.717, 1.165) is 29.2 Å². The number of imide groups is 1. The fourth-order valence-electron chi connectivity index (χ4n) is 3.31. The molecule has 2 aliphatic rings. The van der Waals surface area contributed by atoms with Gasteiger partial charge in [0.15, 0.2) is 0 Å².